The molecule has 0 unspecified atom stereocenters. The molecule has 0 bridgehead atoms. The van der Waals surface area contributed by atoms with Gasteiger partial charge in [-0.2, -0.15) is 5.26 Å². The number of rotatable bonds is 6. The standard InChI is InChI=1S/C17H24N2O/c1-2-19(16-9-4-3-5-10-16)12-13-20-17-11-7-6-8-15(17)14-18/h6-8,11,16H,2-5,9-10,12-13H2,1H3. The van der Waals surface area contributed by atoms with E-state index in [4.69, 9.17) is 10.00 Å². The van der Waals surface area contributed by atoms with Gasteiger partial charge in [-0.05, 0) is 31.5 Å². The third-order valence-corrected chi connectivity index (χ3v) is 4.14. The molecule has 0 N–H and O–H groups in total. The Morgan fingerprint density at radius 1 is 1.25 bits per heavy atom. The Hall–Kier alpha value is -1.53. The first-order valence-electron chi connectivity index (χ1n) is 7.71. The lowest BCUT2D eigenvalue weighted by molar-refractivity contribution is 0.137. The Labute approximate surface area is 122 Å². The lowest BCUT2D eigenvalue weighted by Gasteiger charge is -2.33. The van der Waals surface area contributed by atoms with Crippen LogP contribution in [-0.4, -0.2) is 30.6 Å². The van der Waals surface area contributed by atoms with Gasteiger partial charge in [-0.1, -0.05) is 38.3 Å². The molecule has 1 saturated carbocycles. The van der Waals surface area contributed by atoms with E-state index in [0.29, 0.717) is 17.9 Å². The maximum absolute atomic E-state index is 9.04. The molecular formula is C17H24N2O. The highest BCUT2D eigenvalue weighted by Gasteiger charge is 2.19. The molecule has 0 amide bonds. The summed E-state index contributed by atoms with van der Waals surface area (Å²) in [5.74, 6) is 0.703. The van der Waals surface area contributed by atoms with Crippen molar-refractivity contribution in [3.8, 4) is 11.8 Å². The minimum absolute atomic E-state index is 0.619. The lowest BCUT2D eigenvalue weighted by atomic mass is 9.94. The van der Waals surface area contributed by atoms with Crippen LogP contribution in [0.3, 0.4) is 0 Å². The van der Waals surface area contributed by atoms with Crippen molar-refractivity contribution in [1.82, 2.24) is 4.90 Å². The zero-order valence-electron chi connectivity index (χ0n) is 12.3. The van der Waals surface area contributed by atoms with Gasteiger partial charge in [0.25, 0.3) is 0 Å². The monoisotopic (exact) mass is 272 g/mol. The predicted octanol–water partition coefficient (Wildman–Crippen LogP) is 3.59. The Morgan fingerprint density at radius 3 is 2.70 bits per heavy atom. The van der Waals surface area contributed by atoms with Crippen LogP contribution in [0.2, 0.25) is 0 Å². The van der Waals surface area contributed by atoms with E-state index in [-0.39, 0.29) is 0 Å². The number of benzene rings is 1. The molecule has 1 aromatic carbocycles. The summed E-state index contributed by atoms with van der Waals surface area (Å²) in [7, 11) is 0. The first-order chi connectivity index (χ1) is 9.85. The van der Waals surface area contributed by atoms with Crippen molar-refractivity contribution in [2.45, 2.75) is 45.1 Å². The van der Waals surface area contributed by atoms with Gasteiger partial charge >= 0.3 is 0 Å². The first-order valence-corrected chi connectivity index (χ1v) is 7.71. The van der Waals surface area contributed by atoms with E-state index in [1.54, 1.807) is 6.07 Å². The fourth-order valence-corrected chi connectivity index (χ4v) is 3.00. The third-order valence-electron chi connectivity index (χ3n) is 4.14. The van der Waals surface area contributed by atoms with Crippen LogP contribution in [0.4, 0.5) is 0 Å². The number of likely N-dealkylation sites (N-methyl/N-ethyl adjacent to an activating group) is 1. The van der Waals surface area contributed by atoms with Crippen LogP contribution < -0.4 is 4.74 Å². The normalized spacial score (nSPS) is 16.1. The number of ether oxygens (including phenoxy) is 1. The van der Waals surface area contributed by atoms with Gasteiger partial charge in [0.2, 0.25) is 0 Å². The molecule has 0 aromatic heterocycles. The van der Waals surface area contributed by atoms with Crippen LogP contribution in [0.5, 0.6) is 5.75 Å². The molecule has 0 atom stereocenters. The second-order valence-electron chi connectivity index (χ2n) is 5.38. The second kappa shape index (κ2) is 7.91. The SMILES string of the molecule is CCN(CCOc1ccccc1C#N)C1CCCCC1. The summed E-state index contributed by atoms with van der Waals surface area (Å²) in [4.78, 5) is 2.52. The van der Waals surface area contributed by atoms with Gasteiger partial charge in [-0.15, -0.1) is 0 Å². The number of nitriles is 1. The molecule has 0 heterocycles. The van der Waals surface area contributed by atoms with Crippen LogP contribution in [0.25, 0.3) is 0 Å². The highest BCUT2D eigenvalue weighted by Crippen LogP contribution is 2.22. The summed E-state index contributed by atoms with van der Waals surface area (Å²) < 4.78 is 5.79. The molecule has 3 heteroatoms. The Bertz CT molecular complexity index is 447. The molecular weight excluding hydrogens is 248 g/mol. The van der Waals surface area contributed by atoms with Gasteiger partial charge in [-0.3, -0.25) is 4.90 Å². The van der Waals surface area contributed by atoms with Gasteiger partial charge in [0, 0.05) is 12.6 Å². The molecule has 0 spiro atoms. The largest absolute Gasteiger partial charge is 0.491 e. The molecule has 1 fully saturated rings. The van der Waals surface area contributed by atoms with E-state index in [1.165, 1.54) is 32.1 Å². The van der Waals surface area contributed by atoms with Crippen LogP contribution in [-0.2, 0) is 0 Å². The van der Waals surface area contributed by atoms with Crippen molar-refractivity contribution in [1.29, 1.82) is 5.26 Å². The van der Waals surface area contributed by atoms with E-state index in [2.05, 4.69) is 17.9 Å². The van der Waals surface area contributed by atoms with Gasteiger partial charge in [0.1, 0.15) is 18.4 Å². The molecule has 0 saturated heterocycles. The lowest BCUT2D eigenvalue weighted by Crippen LogP contribution is -2.39. The van der Waals surface area contributed by atoms with Crippen LogP contribution >= 0.6 is 0 Å². The minimum atomic E-state index is 0.619. The van der Waals surface area contributed by atoms with Crippen molar-refractivity contribution in [2.75, 3.05) is 19.7 Å². The summed E-state index contributed by atoms with van der Waals surface area (Å²) in [6, 6.07) is 10.3. The minimum Gasteiger partial charge on any atom is -0.491 e. The van der Waals surface area contributed by atoms with E-state index in [9.17, 15) is 0 Å². The van der Waals surface area contributed by atoms with Crippen LogP contribution in [0.15, 0.2) is 24.3 Å². The van der Waals surface area contributed by atoms with E-state index in [1.807, 2.05) is 18.2 Å². The second-order valence-corrected chi connectivity index (χ2v) is 5.38. The predicted molar refractivity (Wildman–Crippen MR) is 80.8 cm³/mol. The summed E-state index contributed by atoms with van der Waals surface area (Å²) in [5, 5.41) is 9.04. The molecule has 1 aliphatic rings. The van der Waals surface area contributed by atoms with Crippen molar-refractivity contribution in [3.63, 3.8) is 0 Å². The van der Waals surface area contributed by atoms with Crippen molar-refractivity contribution in [3.05, 3.63) is 29.8 Å². The number of para-hydroxylation sites is 1. The summed E-state index contributed by atoms with van der Waals surface area (Å²) >= 11 is 0. The van der Waals surface area contributed by atoms with Crippen LogP contribution in [0.1, 0.15) is 44.6 Å². The van der Waals surface area contributed by atoms with Crippen LogP contribution in [0, 0.1) is 11.3 Å². The highest BCUT2D eigenvalue weighted by atomic mass is 16.5. The van der Waals surface area contributed by atoms with Gasteiger partial charge < -0.3 is 4.74 Å². The maximum atomic E-state index is 9.04. The number of hydrogen-bond acceptors (Lipinski definition) is 3. The van der Waals surface area contributed by atoms with Crippen molar-refractivity contribution < 1.29 is 4.74 Å². The average Bonchev–Trinajstić information content (AvgIpc) is 2.53. The molecule has 1 aromatic rings. The molecule has 0 radical (unpaired) electrons. The van der Waals surface area contributed by atoms with E-state index in [0.717, 1.165) is 19.1 Å². The van der Waals surface area contributed by atoms with Crippen molar-refractivity contribution in [2.24, 2.45) is 0 Å². The van der Waals surface area contributed by atoms with Gasteiger partial charge in [0.05, 0.1) is 5.56 Å². The van der Waals surface area contributed by atoms with E-state index < -0.39 is 0 Å². The smallest absolute Gasteiger partial charge is 0.137 e. The Kier molecular flexibility index (Phi) is 5.88. The van der Waals surface area contributed by atoms with Gasteiger partial charge in [0.15, 0.2) is 0 Å². The van der Waals surface area contributed by atoms with Gasteiger partial charge in [-0.25, -0.2) is 0 Å². The molecule has 1 aliphatic carbocycles. The summed E-state index contributed by atoms with van der Waals surface area (Å²) in [5.41, 5.74) is 0.619. The topological polar surface area (TPSA) is 36.3 Å². The molecule has 20 heavy (non-hydrogen) atoms. The fraction of sp³-hybridized carbons (Fsp3) is 0.588. The first kappa shape index (κ1) is 14.9. The summed E-state index contributed by atoms with van der Waals surface area (Å²) in [6.45, 7) is 4.90. The number of hydrogen-bond donors (Lipinski definition) is 0. The molecule has 0 aliphatic heterocycles. The van der Waals surface area contributed by atoms with E-state index >= 15 is 0 Å². The Balaban J connectivity index is 1.83. The average molecular weight is 272 g/mol. The zero-order chi connectivity index (χ0) is 14.2. The number of nitrogens with zero attached hydrogens (tertiary/aromatic N) is 2. The highest BCUT2D eigenvalue weighted by molar-refractivity contribution is 5.42. The third kappa shape index (κ3) is 3.98. The molecule has 108 valence electrons. The summed E-state index contributed by atoms with van der Waals surface area (Å²) in [6.07, 6.45) is 6.75. The fourth-order valence-electron chi connectivity index (χ4n) is 3.00. The molecule has 2 rings (SSSR count). The maximum Gasteiger partial charge on any atom is 0.137 e. The zero-order valence-corrected chi connectivity index (χ0v) is 12.3. The molecule has 3 nitrogen and oxygen atoms in total. The van der Waals surface area contributed by atoms with Crippen molar-refractivity contribution >= 4 is 0 Å². The quantitative estimate of drug-likeness (QED) is 0.794. The Morgan fingerprint density at radius 2 is 2.00 bits per heavy atom.